The molecule has 0 heterocycles. The zero-order valence-corrected chi connectivity index (χ0v) is 17.4. The van der Waals surface area contributed by atoms with Crippen LogP contribution in [0.25, 0.3) is 0 Å². The molecule has 12 heteroatoms. The fourth-order valence-corrected chi connectivity index (χ4v) is 3.04. The molecule has 0 aliphatic heterocycles. The summed E-state index contributed by atoms with van der Waals surface area (Å²) in [7, 11) is 0. The van der Waals surface area contributed by atoms with Crippen LogP contribution >= 0.6 is 23.2 Å². The highest BCUT2D eigenvalue weighted by atomic mass is 35.5. The second kappa shape index (κ2) is 9.41. The van der Waals surface area contributed by atoms with E-state index < -0.39 is 21.7 Å². The van der Waals surface area contributed by atoms with E-state index >= 15 is 0 Å². The molecule has 162 valence electrons. The highest BCUT2D eigenvalue weighted by Crippen LogP contribution is 2.28. The summed E-state index contributed by atoms with van der Waals surface area (Å²) < 4.78 is 0. The van der Waals surface area contributed by atoms with Crippen LogP contribution in [-0.2, 0) is 0 Å². The van der Waals surface area contributed by atoms with Gasteiger partial charge in [0.15, 0.2) is 0 Å². The van der Waals surface area contributed by atoms with Gasteiger partial charge >= 0.3 is 0 Å². The lowest BCUT2D eigenvalue weighted by Gasteiger charge is -2.09. The third-order valence-electron chi connectivity index (χ3n) is 4.23. The van der Waals surface area contributed by atoms with Crippen LogP contribution in [-0.4, -0.2) is 21.7 Å². The van der Waals surface area contributed by atoms with E-state index in [1.54, 1.807) is 0 Å². The van der Waals surface area contributed by atoms with Crippen molar-refractivity contribution in [2.45, 2.75) is 0 Å². The van der Waals surface area contributed by atoms with Crippen molar-refractivity contribution in [1.82, 2.24) is 0 Å². The van der Waals surface area contributed by atoms with Gasteiger partial charge in [-0.1, -0.05) is 23.2 Å². The number of hydrogen-bond donors (Lipinski definition) is 2. The molecule has 0 spiro atoms. The Morgan fingerprint density at radius 2 is 1.00 bits per heavy atom. The number of carbonyl (C=O) groups is 2. The number of anilines is 2. The van der Waals surface area contributed by atoms with Gasteiger partial charge in [0.25, 0.3) is 23.2 Å². The summed E-state index contributed by atoms with van der Waals surface area (Å²) in [5, 5.41) is 26.6. The quantitative estimate of drug-likeness (QED) is 0.365. The van der Waals surface area contributed by atoms with Crippen LogP contribution in [0.5, 0.6) is 0 Å². The number of nitrogens with zero attached hydrogens (tertiary/aromatic N) is 2. The van der Waals surface area contributed by atoms with Gasteiger partial charge in [-0.3, -0.25) is 29.8 Å². The second-order valence-electron chi connectivity index (χ2n) is 6.33. The summed E-state index contributed by atoms with van der Waals surface area (Å²) in [6.45, 7) is 0. The van der Waals surface area contributed by atoms with Crippen molar-refractivity contribution in [2.75, 3.05) is 10.6 Å². The maximum Gasteiger partial charge on any atom is 0.271 e. The number of nitro groups is 2. The first-order chi connectivity index (χ1) is 15.2. The first kappa shape index (κ1) is 22.7. The maximum atomic E-state index is 12.4. The molecule has 0 atom stereocenters. The third kappa shape index (κ3) is 5.17. The van der Waals surface area contributed by atoms with E-state index in [4.69, 9.17) is 23.2 Å². The van der Waals surface area contributed by atoms with Crippen LogP contribution in [0, 0.1) is 20.2 Å². The van der Waals surface area contributed by atoms with Crippen LogP contribution in [0.1, 0.15) is 20.7 Å². The fraction of sp³-hybridized carbons (Fsp3) is 0. The first-order valence-electron chi connectivity index (χ1n) is 8.76. The molecule has 2 amide bonds. The predicted molar refractivity (Wildman–Crippen MR) is 119 cm³/mol. The van der Waals surface area contributed by atoms with Crippen molar-refractivity contribution in [3.63, 3.8) is 0 Å². The smallest absolute Gasteiger partial charge is 0.271 e. The monoisotopic (exact) mass is 474 g/mol. The Labute approximate surface area is 190 Å². The van der Waals surface area contributed by atoms with Crippen molar-refractivity contribution in [3.8, 4) is 0 Å². The Bertz CT molecular complexity index is 1150. The molecule has 0 saturated carbocycles. The minimum atomic E-state index is -0.606. The number of benzene rings is 3. The summed E-state index contributed by atoms with van der Waals surface area (Å²) in [6, 6.07) is 12.9. The molecule has 0 saturated heterocycles. The zero-order chi connectivity index (χ0) is 23.4. The number of nitro benzene ring substituents is 2. The molecule has 32 heavy (non-hydrogen) atoms. The Balaban J connectivity index is 1.69. The first-order valence-corrected chi connectivity index (χ1v) is 9.52. The molecule has 3 aromatic carbocycles. The highest BCUT2D eigenvalue weighted by Gasteiger charge is 2.15. The number of nitrogens with one attached hydrogen (secondary N) is 2. The number of halogens is 2. The number of rotatable bonds is 6. The van der Waals surface area contributed by atoms with E-state index in [2.05, 4.69) is 10.6 Å². The largest absolute Gasteiger partial charge is 0.321 e. The van der Waals surface area contributed by atoms with E-state index in [0.717, 1.165) is 12.1 Å². The fourth-order valence-electron chi connectivity index (χ4n) is 2.60. The van der Waals surface area contributed by atoms with Gasteiger partial charge in [-0.05, 0) is 36.4 Å². The van der Waals surface area contributed by atoms with Crippen LogP contribution < -0.4 is 10.6 Å². The van der Waals surface area contributed by atoms with Crippen molar-refractivity contribution in [2.24, 2.45) is 0 Å². The highest BCUT2D eigenvalue weighted by molar-refractivity contribution is 6.34. The lowest BCUT2D eigenvalue weighted by Crippen LogP contribution is -2.14. The Morgan fingerprint density at radius 3 is 1.28 bits per heavy atom. The van der Waals surface area contributed by atoms with Gasteiger partial charge in [0.05, 0.1) is 31.3 Å². The van der Waals surface area contributed by atoms with Gasteiger partial charge in [0, 0.05) is 35.4 Å². The van der Waals surface area contributed by atoms with Crippen molar-refractivity contribution in [3.05, 3.63) is 102 Å². The molecule has 2 N–H and O–H groups in total. The van der Waals surface area contributed by atoms with Crippen LogP contribution in [0.4, 0.5) is 22.7 Å². The molecule has 0 aliphatic rings. The van der Waals surface area contributed by atoms with Gasteiger partial charge in [0.2, 0.25) is 0 Å². The van der Waals surface area contributed by atoms with Gasteiger partial charge in [-0.2, -0.15) is 0 Å². The molecule has 3 rings (SSSR count). The SMILES string of the molecule is O=C(Nc1ccc([N+](=O)[O-])cc1Cl)c1ccc(C(=O)Nc2ccc([N+](=O)[O-])cc2Cl)cc1. The number of non-ortho nitro benzene ring substituents is 2. The number of hydrogen-bond acceptors (Lipinski definition) is 6. The molecule has 0 bridgehead atoms. The summed E-state index contributed by atoms with van der Waals surface area (Å²) >= 11 is 11.9. The molecular formula is C20H12Cl2N4O6. The number of carbonyl (C=O) groups excluding carboxylic acids is 2. The summed E-state index contributed by atoms with van der Waals surface area (Å²) in [5.74, 6) is -1.07. The van der Waals surface area contributed by atoms with Crippen LogP contribution in [0.3, 0.4) is 0 Å². The molecule has 0 fully saturated rings. The van der Waals surface area contributed by atoms with Gasteiger partial charge < -0.3 is 10.6 Å². The lowest BCUT2D eigenvalue weighted by atomic mass is 10.1. The van der Waals surface area contributed by atoms with Gasteiger partial charge in [0.1, 0.15) is 0 Å². The van der Waals surface area contributed by atoms with Crippen molar-refractivity contribution >= 4 is 57.8 Å². The molecular weight excluding hydrogens is 463 g/mol. The maximum absolute atomic E-state index is 12.4. The summed E-state index contributed by atoms with van der Waals surface area (Å²) in [5.41, 5.74) is 0.385. The lowest BCUT2D eigenvalue weighted by molar-refractivity contribution is -0.385. The van der Waals surface area contributed by atoms with Crippen molar-refractivity contribution < 1.29 is 19.4 Å². The molecule has 0 unspecified atom stereocenters. The molecule has 0 aliphatic carbocycles. The molecule has 10 nitrogen and oxygen atoms in total. The Kier molecular flexibility index (Phi) is 6.67. The minimum absolute atomic E-state index is 0.00326. The molecule has 0 aromatic heterocycles. The van der Waals surface area contributed by atoms with Crippen molar-refractivity contribution in [1.29, 1.82) is 0 Å². The predicted octanol–water partition coefficient (Wildman–Crippen LogP) is 5.31. The van der Waals surface area contributed by atoms with Gasteiger partial charge in [-0.15, -0.1) is 0 Å². The van der Waals surface area contributed by atoms with E-state index in [9.17, 15) is 29.8 Å². The topological polar surface area (TPSA) is 144 Å². The molecule has 0 radical (unpaired) electrons. The average molecular weight is 475 g/mol. The summed E-state index contributed by atoms with van der Waals surface area (Å²) in [4.78, 5) is 45.1. The van der Waals surface area contributed by atoms with E-state index in [1.165, 1.54) is 48.5 Å². The Hall–Kier alpha value is -4.02. The minimum Gasteiger partial charge on any atom is -0.321 e. The van der Waals surface area contributed by atoms with Crippen LogP contribution in [0.2, 0.25) is 10.0 Å². The normalized spacial score (nSPS) is 10.3. The Morgan fingerprint density at radius 1 is 0.656 bits per heavy atom. The van der Waals surface area contributed by atoms with Crippen LogP contribution in [0.15, 0.2) is 60.7 Å². The third-order valence-corrected chi connectivity index (χ3v) is 4.86. The standard InChI is InChI=1S/C20H12Cl2N4O6/c21-15-9-13(25(29)30)5-7-17(15)23-19(27)11-1-2-12(4-3-11)20(28)24-18-8-6-14(26(31)32)10-16(18)22/h1-10H,(H,23,27)(H,24,28). The summed E-state index contributed by atoms with van der Waals surface area (Å²) in [6.07, 6.45) is 0. The molecule has 3 aromatic rings. The van der Waals surface area contributed by atoms with E-state index in [0.29, 0.717) is 0 Å². The second-order valence-corrected chi connectivity index (χ2v) is 7.14. The zero-order valence-electron chi connectivity index (χ0n) is 15.9. The number of amides is 2. The van der Waals surface area contributed by atoms with Gasteiger partial charge in [-0.25, -0.2) is 0 Å². The van der Waals surface area contributed by atoms with E-state index in [1.807, 2.05) is 0 Å². The average Bonchev–Trinajstić information content (AvgIpc) is 2.76. The van der Waals surface area contributed by atoms with E-state index in [-0.39, 0.29) is 43.9 Å².